The zero-order valence-corrected chi connectivity index (χ0v) is 18.5. The van der Waals surface area contributed by atoms with Gasteiger partial charge < -0.3 is 19.5 Å². The molecule has 6 heteroatoms. The van der Waals surface area contributed by atoms with Crippen molar-refractivity contribution in [3.63, 3.8) is 0 Å². The van der Waals surface area contributed by atoms with Crippen molar-refractivity contribution >= 4 is 0 Å². The monoisotopic (exact) mass is 413 g/mol. The van der Waals surface area contributed by atoms with Crippen molar-refractivity contribution in [3.8, 4) is 11.5 Å². The zero-order chi connectivity index (χ0) is 21.3. The molecule has 1 aliphatic rings. The summed E-state index contributed by atoms with van der Waals surface area (Å²) in [5.74, 6) is 1.39. The number of aliphatic hydroxyl groups excluding tert-OH is 1. The number of ether oxygens (including phenoxy) is 2. The number of hydrogen-bond acceptors (Lipinski definition) is 6. The largest absolute Gasteiger partial charge is 0.493 e. The van der Waals surface area contributed by atoms with Gasteiger partial charge in [-0.15, -0.1) is 0 Å². The lowest BCUT2D eigenvalue weighted by molar-refractivity contribution is 0.0732. The van der Waals surface area contributed by atoms with Gasteiger partial charge in [-0.1, -0.05) is 36.4 Å². The summed E-state index contributed by atoms with van der Waals surface area (Å²) in [6.07, 6.45) is -0.579. The number of likely N-dealkylation sites (N-methyl/N-ethyl adjacent to an activating group) is 2. The van der Waals surface area contributed by atoms with Crippen LogP contribution in [0.15, 0.2) is 48.5 Å². The molecule has 0 spiro atoms. The van der Waals surface area contributed by atoms with Crippen LogP contribution < -0.4 is 9.47 Å². The Labute approximate surface area is 180 Å². The Hall–Kier alpha value is -2.12. The third-order valence-electron chi connectivity index (χ3n) is 5.48. The van der Waals surface area contributed by atoms with E-state index in [1.807, 2.05) is 37.4 Å². The van der Waals surface area contributed by atoms with E-state index in [-0.39, 0.29) is 6.61 Å². The fraction of sp³-hybridized carbons (Fsp3) is 0.500. The van der Waals surface area contributed by atoms with Crippen molar-refractivity contribution in [2.24, 2.45) is 0 Å². The number of piperazine rings is 1. The molecule has 0 radical (unpaired) electrons. The molecule has 1 N–H and O–H groups in total. The van der Waals surface area contributed by atoms with Crippen LogP contribution in [0.1, 0.15) is 11.1 Å². The van der Waals surface area contributed by atoms with E-state index >= 15 is 0 Å². The molecule has 30 heavy (non-hydrogen) atoms. The number of aliphatic hydroxyl groups is 1. The maximum absolute atomic E-state index is 10.5. The van der Waals surface area contributed by atoms with Gasteiger partial charge in [0.1, 0.15) is 12.7 Å². The van der Waals surface area contributed by atoms with Crippen molar-refractivity contribution in [1.82, 2.24) is 14.7 Å². The van der Waals surface area contributed by atoms with Crippen LogP contribution in [-0.2, 0) is 13.1 Å². The van der Waals surface area contributed by atoms with E-state index in [9.17, 15) is 5.11 Å². The molecule has 0 bridgehead atoms. The predicted molar refractivity (Wildman–Crippen MR) is 120 cm³/mol. The van der Waals surface area contributed by atoms with E-state index in [2.05, 4.69) is 39.9 Å². The van der Waals surface area contributed by atoms with Gasteiger partial charge >= 0.3 is 0 Å². The fourth-order valence-corrected chi connectivity index (χ4v) is 3.75. The van der Waals surface area contributed by atoms with E-state index in [0.717, 1.165) is 39.3 Å². The van der Waals surface area contributed by atoms with Crippen LogP contribution >= 0.6 is 0 Å². The van der Waals surface area contributed by atoms with E-state index in [1.165, 1.54) is 11.1 Å². The first-order valence-electron chi connectivity index (χ1n) is 10.6. The van der Waals surface area contributed by atoms with Crippen LogP contribution in [0.4, 0.5) is 0 Å². The van der Waals surface area contributed by atoms with Gasteiger partial charge in [0.05, 0.1) is 7.11 Å². The number of rotatable bonds is 10. The highest BCUT2D eigenvalue weighted by molar-refractivity contribution is 5.43. The lowest BCUT2D eigenvalue weighted by Gasteiger charge is -2.32. The van der Waals surface area contributed by atoms with E-state index in [1.54, 1.807) is 7.11 Å². The first kappa shape index (κ1) is 22.6. The predicted octanol–water partition coefficient (Wildman–Crippen LogP) is 2.31. The third-order valence-corrected chi connectivity index (χ3v) is 5.48. The molecule has 2 aromatic carbocycles. The average Bonchev–Trinajstić information content (AvgIpc) is 2.74. The summed E-state index contributed by atoms with van der Waals surface area (Å²) >= 11 is 0. The minimum atomic E-state index is -0.579. The lowest BCUT2D eigenvalue weighted by Crippen LogP contribution is -2.43. The molecule has 0 aromatic heterocycles. The van der Waals surface area contributed by atoms with Gasteiger partial charge in [0.2, 0.25) is 0 Å². The van der Waals surface area contributed by atoms with Crippen LogP contribution in [0.2, 0.25) is 0 Å². The Balaban J connectivity index is 1.51. The lowest BCUT2D eigenvalue weighted by atomic mass is 10.1. The minimum Gasteiger partial charge on any atom is -0.493 e. The van der Waals surface area contributed by atoms with Crippen molar-refractivity contribution < 1.29 is 14.6 Å². The molecule has 1 saturated heterocycles. The van der Waals surface area contributed by atoms with Gasteiger partial charge in [0, 0.05) is 45.8 Å². The zero-order valence-electron chi connectivity index (χ0n) is 18.5. The first-order chi connectivity index (χ1) is 14.5. The first-order valence-corrected chi connectivity index (χ1v) is 10.6. The number of methoxy groups -OCH3 is 1. The molecule has 0 unspecified atom stereocenters. The van der Waals surface area contributed by atoms with Crippen LogP contribution in [0, 0.1) is 0 Å². The molecule has 0 saturated carbocycles. The normalized spacial score (nSPS) is 16.6. The molecular weight excluding hydrogens is 378 g/mol. The highest BCUT2D eigenvalue weighted by Crippen LogP contribution is 2.29. The number of hydrogen-bond donors (Lipinski definition) is 1. The number of nitrogens with zero attached hydrogens (tertiary/aromatic N) is 3. The molecule has 1 fully saturated rings. The molecule has 1 aliphatic heterocycles. The summed E-state index contributed by atoms with van der Waals surface area (Å²) in [5.41, 5.74) is 2.43. The van der Waals surface area contributed by atoms with Gasteiger partial charge in [-0.3, -0.25) is 9.80 Å². The van der Waals surface area contributed by atoms with Gasteiger partial charge in [0.25, 0.3) is 0 Å². The van der Waals surface area contributed by atoms with Gasteiger partial charge in [-0.25, -0.2) is 0 Å². The summed E-state index contributed by atoms with van der Waals surface area (Å²) in [5, 5.41) is 10.5. The van der Waals surface area contributed by atoms with Crippen molar-refractivity contribution in [1.29, 1.82) is 0 Å². The van der Waals surface area contributed by atoms with E-state index in [4.69, 9.17) is 9.47 Å². The molecule has 1 atom stereocenters. The molecule has 164 valence electrons. The van der Waals surface area contributed by atoms with Crippen LogP contribution in [0.5, 0.6) is 11.5 Å². The standard InChI is InChI=1S/C24H35N3O3/c1-25-11-13-27(14-12-25)17-21-9-10-23(29-3)24(15-21)30-19-22(28)18-26(2)16-20-7-5-4-6-8-20/h4-10,15,22,28H,11-14,16-19H2,1-3H3/t22-/m1/s1. The van der Waals surface area contributed by atoms with Crippen LogP contribution in [0.25, 0.3) is 0 Å². The molecular formula is C24H35N3O3. The smallest absolute Gasteiger partial charge is 0.161 e. The highest BCUT2D eigenvalue weighted by atomic mass is 16.5. The molecule has 6 nitrogen and oxygen atoms in total. The Morgan fingerprint density at radius 1 is 1.00 bits per heavy atom. The summed E-state index contributed by atoms with van der Waals surface area (Å²) < 4.78 is 11.4. The Bertz CT molecular complexity index is 764. The Morgan fingerprint density at radius 3 is 2.43 bits per heavy atom. The van der Waals surface area contributed by atoms with Crippen molar-refractivity contribution in [2.75, 3.05) is 60.5 Å². The molecule has 1 heterocycles. The van der Waals surface area contributed by atoms with Gasteiger partial charge in [0.15, 0.2) is 11.5 Å². The second-order valence-corrected chi connectivity index (χ2v) is 8.21. The van der Waals surface area contributed by atoms with E-state index in [0.29, 0.717) is 18.0 Å². The second-order valence-electron chi connectivity index (χ2n) is 8.21. The minimum absolute atomic E-state index is 0.230. The maximum atomic E-state index is 10.5. The van der Waals surface area contributed by atoms with Crippen molar-refractivity contribution in [2.45, 2.75) is 19.2 Å². The quantitative estimate of drug-likeness (QED) is 0.645. The summed E-state index contributed by atoms with van der Waals surface area (Å²) in [7, 11) is 5.82. The summed E-state index contributed by atoms with van der Waals surface area (Å²) in [4.78, 5) is 6.92. The van der Waals surface area contributed by atoms with E-state index < -0.39 is 6.10 Å². The Morgan fingerprint density at radius 2 is 1.73 bits per heavy atom. The molecule has 0 aliphatic carbocycles. The van der Waals surface area contributed by atoms with Gasteiger partial charge in [-0.05, 0) is 37.4 Å². The Kier molecular flexibility index (Phi) is 8.51. The fourth-order valence-electron chi connectivity index (χ4n) is 3.75. The maximum Gasteiger partial charge on any atom is 0.161 e. The molecule has 3 rings (SSSR count). The van der Waals surface area contributed by atoms with Crippen LogP contribution in [0.3, 0.4) is 0 Å². The van der Waals surface area contributed by atoms with Gasteiger partial charge in [-0.2, -0.15) is 0 Å². The average molecular weight is 414 g/mol. The number of benzene rings is 2. The second kappa shape index (κ2) is 11.3. The summed E-state index contributed by atoms with van der Waals surface area (Å²) in [6, 6.07) is 16.3. The molecule has 2 aromatic rings. The third kappa shape index (κ3) is 6.99. The highest BCUT2D eigenvalue weighted by Gasteiger charge is 2.16. The molecule has 0 amide bonds. The van der Waals surface area contributed by atoms with Crippen molar-refractivity contribution in [3.05, 3.63) is 59.7 Å². The summed E-state index contributed by atoms with van der Waals surface area (Å²) in [6.45, 7) is 6.81. The SMILES string of the molecule is COc1ccc(CN2CCN(C)CC2)cc1OC[C@H](O)CN(C)Cc1ccccc1. The topological polar surface area (TPSA) is 48.4 Å². The van der Waals surface area contributed by atoms with Crippen LogP contribution in [-0.4, -0.2) is 86.4 Å².